The maximum atomic E-state index is 12.9. The summed E-state index contributed by atoms with van der Waals surface area (Å²) in [5.74, 6) is 2.40. The summed E-state index contributed by atoms with van der Waals surface area (Å²) in [5.41, 5.74) is 0. The average Bonchev–Trinajstić information content (AvgIpc) is 3.46. The maximum Gasteiger partial charge on any atom is 0.236 e. The van der Waals surface area contributed by atoms with Gasteiger partial charge in [0.25, 0.3) is 0 Å². The molecule has 1 aliphatic carbocycles. The summed E-state index contributed by atoms with van der Waals surface area (Å²) in [5, 5.41) is 8.86. The van der Waals surface area contributed by atoms with Gasteiger partial charge in [0.05, 0.1) is 19.4 Å². The van der Waals surface area contributed by atoms with E-state index in [0.29, 0.717) is 19.1 Å². The first-order valence-corrected chi connectivity index (χ1v) is 10.4. The summed E-state index contributed by atoms with van der Waals surface area (Å²) in [6.45, 7) is 2.79. The van der Waals surface area contributed by atoms with Crippen molar-refractivity contribution in [3.8, 4) is 0 Å². The van der Waals surface area contributed by atoms with E-state index >= 15 is 0 Å². The van der Waals surface area contributed by atoms with Crippen LogP contribution in [-0.4, -0.2) is 72.7 Å². The molecule has 152 valence electrons. The normalized spacial score (nSPS) is 21.0. The van der Waals surface area contributed by atoms with Gasteiger partial charge < -0.3 is 14.0 Å². The van der Waals surface area contributed by atoms with Crippen LogP contribution < -0.4 is 0 Å². The first kappa shape index (κ1) is 19.1. The Morgan fingerprint density at radius 2 is 2.04 bits per heavy atom. The third-order valence-corrected chi connectivity index (χ3v) is 6.35. The van der Waals surface area contributed by atoms with Gasteiger partial charge >= 0.3 is 0 Å². The van der Waals surface area contributed by atoms with Gasteiger partial charge in [0.1, 0.15) is 5.82 Å². The van der Waals surface area contributed by atoms with E-state index in [4.69, 9.17) is 0 Å². The summed E-state index contributed by atoms with van der Waals surface area (Å²) >= 11 is 0. The number of carbonyl (C=O) groups is 1. The van der Waals surface area contributed by atoms with Crippen LogP contribution in [0.15, 0.2) is 18.7 Å². The molecule has 2 aromatic heterocycles. The zero-order chi connectivity index (χ0) is 19.5. The van der Waals surface area contributed by atoms with Gasteiger partial charge in [-0.2, -0.15) is 0 Å². The molecule has 0 unspecified atom stereocenters. The number of imidazole rings is 1. The third-order valence-electron chi connectivity index (χ3n) is 6.35. The van der Waals surface area contributed by atoms with E-state index in [1.54, 1.807) is 12.5 Å². The van der Waals surface area contributed by atoms with E-state index in [0.717, 1.165) is 37.6 Å². The van der Waals surface area contributed by atoms with Gasteiger partial charge in [-0.25, -0.2) is 4.98 Å². The van der Waals surface area contributed by atoms with E-state index in [1.165, 1.54) is 25.7 Å². The highest BCUT2D eigenvalue weighted by molar-refractivity contribution is 5.78. The van der Waals surface area contributed by atoms with Crippen LogP contribution in [0.3, 0.4) is 0 Å². The second-order valence-corrected chi connectivity index (χ2v) is 8.30. The highest BCUT2D eigenvalue weighted by atomic mass is 16.2. The second-order valence-electron chi connectivity index (χ2n) is 8.30. The van der Waals surface area contributed by atoms with E-state index in [9.17, 15) is 4.79 Å². The van der Waals surface area contributed by atoms with Gasteiger partial charge in [-0.05, 0) is 32.7 Å². The highest BCUT2D eigenvalue weighted by Gasteiger charge is 2.30. The number of hydrogen-bond donors (Lipinski definition) is 0. The van der Waals surface area contributed by atoms with Crippen molar-refractivity contribution in [1.29, 1.82) is 0 Å². The van der Waals surface area contributed by atoms with Crippen LogP contribution in [0.25, 0.3) is 0 Å². The standard InChI is InChI=1S/C20H31N7O/c1-24(17-7-3-4-8-17)14-19(28)27-10-5-6-16(12-27)20-23-22-18(25(20)2)13-26-11-9-21-15-26/h9,11,15-17H,3-8,10,12-14H2,1-2H3/t16-/m1/s1. The van der Waals surface area contributed by atoms with Gasteiger partial charge in [0.15, 0.2) is 5.82 Å². The molecule has 2 aromatic rings. The number of rotatable bonds is 6. The average molecular weight is 386 g/mol. The number of aromatic nitrogens is 5. The minimum atomic E-state index is 0.250. The predicted octanol–water partition coefficient (Wildman–Crippen LogP) is 1.64. The Kier molecular flexibility index (Phi) is 5.75. The fourth-order valence-electron chi connectivity index (χ4n) is 4.61. The van der Waals surface area contributed by atoms with Crippen molar-refractivity contribution in [3.05, 3.63) is 30.4 Å². The Hall–Kier alpha value is -2.22. The van der Waals surface area contributed by atoms with Gasteiger partial charge in [-0.15, -0.1) is 10.2 Å². The number of piperidine rings is 1. The Morgan fingerprint density at radius 1 is 1.21 bits per heavy atom. The fourth-order valence-corrected chi connectivity index (χ4v) is 4.61. The monoisotopic (exact) mass is 385 g/mol. The minimum Gasteiger partial charge on any atom is -0.341 e. The molecule has 0 radical (unpaired) electrons. The summed E-state index contributed by atoms with van der Waals surface area (Å²) in [7, 11) is 4.12. The van der Waals surface area contributed by atoms with Crippen LogP contribution in [0.2, 0.25) is 0 Å². The summed E-state index contributed by atoms with van der Waals surface area (Å²) in [6, 6.07) is 0.578. The summed E-state index contributed by atoms with van der Waals surface area (Å²) in [6.07, 6.45) is 12.6. The molecule has 3 heterocycles. The first-order chi connectivity index (χ1) is 13.6. The lowest BCUT2D eigenvalue weighted by atomic mass is 9.97. The number of likely N-dealkylation sites (N-methyl/N-ethyl adjacent to an activating group) is 1. The number of carbonyl (C=O) groups excluding carboxylic acids is 1. The molecule has 1 atom stereocenters. The number of nitrogens with zero attached hydrogens (tertiary/aromatic N) is 7. The quantitative estimate of drug-likeness (QED) is 0.756. The van der Waals surface area contributed by atoms with E-state index < -0.39 is 0 Å². The maximum absolute atomic E-state index is 12.9. The second kappa shape index (κ2) is 8.43. The lowest BCUT2D eigenvalue weighted by Gasteiger charge is -2.34. The molecule has 1 saturated heterocycles. The molecule has 0 spiro atoms. The van der Waals surface area contributed by atoms with Gasteiger partial charge in [0.2, 0.25) is 5.91 Å². The number of likely N-dealkylation sites (tertiary alicyclic amines) is 1. The van der Waals surface area contributed by atoms with Crippen LogP contribution in [-0.2, 0) is 18.4 Å². The van der Waals surface area contributed by atoms with Crippen molar-refractivity contribution in [1.82, 2.24) is 34.1 Å². The van der Waals surface area contributed by atoms with Crippen LogP contribution in [0.4, 0.5) is 0 Å². The Balaban J connectivity index is 1.38. The Labute approximate surface area is 166 Å². The van der Waals surface area contributed by atoms with Crippen molar-refractivity contribution >= 4 is 5.91 Å². The number of amides is 1. The van der Waals surface area contributed by atoms with Crippen molar-refractivity contribution in [3.63, 3.8) is 0 Å². The van der Waals surface area contributed by atoms with Gasteiger partial charge in [-0.3, -0.25) is 9.69 Å². The van der Waals surface area contributed by atoms with Crippen LogP contribution in [0.1, 0.15) is 56.1 Å². The van der Waals surface area contributed by atoms with Gasteiger partial charge in [0, 0.05) is 44.5 Å². The molecule has 0 bridgehead atoms. The largest absolute Gasteiger partial charge is 0.341 e. The SMILES string of the molecule is CN(CC(=O)N1CCC[C@@H](c2nnc(Cn3ccnc3)n2C)C1)C1CCCC1. The molecule has 1 aliphatic heterocycles. The molecule has 0 aromatic carbocycles. The Morgan fingerprint density at radius 3 is 2.79 bits per heavy atom. The van der Waals surface area contributed by atoms with Crippen LogP contribution in [0, 0.1) is 0 Å². The topological polar surface area (TPSA) is 72.1 Å². The summed E-state index contributed by atoms with van der Waals surface area (Å²) in [4.78, 5) is 21.2. The smallest absolute Gasteiger partial charge is 0.236 e. The molecule has 0 N–H and O–H groups in total. The molecule has 2 fully saturated rings. The fraction of sp³-hybridized carbons (Fsp3) is 0.700. The minimum absolute atomic E-state index is 0.250. The molecule has 28 heavy (non-hydrogen) atoms. The molecule has 1 saturated carbocycles. The van der Waals surface area contributed by atoms with Gasteiger partial charge in [-0.1, -0.05) is 12.8 Å². The molecule has 2 aliphatic rings. The molecule has 8 nitrogen and oxygen atoms in total. The van der Waals surface area contributed by atoms with E-state index in [-0.39, 0.29) is 11.8 Å². The predicted molar refractivity (Wildman–Crippen MR) is 106 cm³/mol. The first-order valence-electron chi connectivity index (χ1n) is 10.4. The molecular weight excluding hydrogens is 354 g/mol. The molecule has 8 heteroatoms. The van der Waals surface area contributed by atoms with Crippen molar-refractivity contribution < 1.29 is 4.79 Å². The number of hydrogen-bond acceptors (Lipinski definition) is 5. The van der Waals surface area contributed by atoms with E-state index in [2.05, 4.69) is 31.7 Å². The third kappa shape index (κ3) is 4.11. The molecule has 1 amide bonds. The lowest BCUT2D eigenvalue weighted by molar-refractivity contribution is -0.133. The van der Waals surface area contributed by atoms with Crippen molar-refractivity contribution in [2.24, 2.45) is 7.05 Å². The zero-order valence-electron chi connectivity index (χ0n) is 17.0. The van der Waals surface area contributed by atoms with Crippen molar-refractivity contribution in [2.45, 2.75) is 57.0 Å². The Bertz CT molecular complexity index is 779. The summed E-state index contributed by atoms with van der Waals surface area (Å²) < 4.78 is 4.08. The van der Waals surface area contributed by atoms with E-state index in [1.807, 2.05) is 22.7 Å². The van der Waals surface area contributed by atoms with Crippen molar-refractivity contribution in [2.75, 3.05) is 26.7 Å². The van der Waals surface area contributed by atoms with Crippen LogP contribution >= 0.6 is 0 Å². The molecule has 4 rings (SSSR count). The van der Waals surface area contributed by atoms with Crippen LogP contribution in [0.5, 0.6) is 0 Å². The highest BCUT2D eigenvalue weighted by Crippen LogP contribution is 2.27. The zero-order valence-corrected chi connectivity index (χ0v) is 17.0. The molecular formula is C20H31N7O. The lowest BCUT2D eigenvalue weighted by Crippen LogP contribution is -2.45.